The predicted molar refractivity (Wildman–Crippen MR) is 131 cm³/mol. The van der Waals surface area contributed by atoms with Crippen LogP contribution >= 0.6 is 11.8 Å². The maximum absolute atomic E-state index is 13.7. The lowest BCUT2D eigenvalue weighted by atomic mass is 9.74. The summed E-state index contributed by atoms with van der Waals surface area (Å²) in [5.74, 6) is -1.98. The van der Waals surface area contributed by atoms with Crippen LogP contribution in [0, 0.1) is 11.8 Å². The summed E-state index contributed by atoms with van der Waals surface area (Å²) >= 11 is 1.60. The first-order valence-electron chi connectivity index (χ1n) is 12.3. The zero-order chi connectivity index (χ0) is 24.0. The van der Waals surface area contributed by atoms with E-state index in [2.05, 4.69) is 10.6 Å². The van der Waals surface area contributed by atoms with Crippen LogP contribution in [-0.2, 0) is 19.1 Å². The van der Waals surface area contributed by atoms with Crippen molar-refractivity contribution in [2.45, 2.75) is 80.7 Å². The van der Waals surface area contributed by atoms with Crippen molar-refractivity contribution in [2.75, 3.05) is 11.6 Å². The molecule has 3 heterocycles. The molecule has 5 atom stereocenters. The van der Waals surface area contributed by atoms with Crippen molar-refractivity contribution in [2.24, 2.45) is 11.8 Å². The smallest absolute Gasteiger partial charge is 0.246 e. The van der Waals surface area contributed by atoms with Gasteiger partial charge in [-0.15, -0.1) is 11.8 Å². The van der Waals surface area contributed by atoms with Gasteiger partial charge in [0.2, 0.25) is 17.7 Å². The maximum Gasteiger partial charge on any atom is 0.246 e. The van der Waals surface area contributed by atoms with E-state index in [-0.39, 0.29) is 29.8 Å². The lowest BCUT2D eigenvalue weighted by Gasteiger charge is -2.35. The number of carbonyl (C=O) groups is 3. The average Bonchev–Trinajstić information content (AvgIpc) is 3.47. The summed E-state index contributed by atoms with van der Waals surface area (Å²) in [7, 11) is 0. The minimum Gasteiger partial charge on any atom is -0.359 e. The molecular formula is C26H33N3O4S. The highest BCUT2D eigenvalue weighted by atomic mass is 32.2. The van der Waals surface area contributed by atoms with Gasteiger partial charge in [0.05, 0.1) is 17.9 Å². The molecule has 7 nitrogen and oxygen atoms in total. The number of hydrogen-bond acceptors (Lipinski definition) is 5. The van der Waals surface area contributed by atoms with Gasteiger partial charge < -0.3 is 20.3 Å². The van der Waals surface area contributed by atoms with E-state index in [1.54, 1.807) is 16.7 Å². The average molecular weight is 484 g/mol. The molecule has 3 fully saturated rings. The van der Waals surface area contributed by atoms with Crippen molar-refractivity contribution in [1.29, 1.82) is 0 Å². The Hall–Kier alpha value is -2.32. The molecule has 1 saturated carbocycles. The summed E-state index contributed by atoms with van der Waals surface area (Å²) in [5.41, 5.74) is -0.413. The van der Waals surface area contributed by atoms with Gasteiger partial charge in [-0.3, -0.25) is 14.4 Å². The summed E-state index contributed by atoms with van der Waals surface area (Å²) in [4.78, 5) is 43.5. The van der Waals surface area contributed by atoms with E-state index in [1.807, 2.05) is 56.5 Å². The van der Waals surface area contributed by atoms with Crippen molar-refractivity contribution in [1.82, 2.24) is 10.2 Å². The molecule has 3 aliphatic heterocycles. The van der Waals surface area contributed by atoms with Gasteiger partial charge in [-0.25, -0.2) is 0 Å². The Balaban J connectivity index is 1.42. The molecule has 1 aromatic carbocycles. The normalized spacial score (nSPS) is 32.4. The quantitative estimate of drug-likeness (QED) is 0.479. The molecule has 5 rings (SSSR count). The molecule has 34 heavy (non-hydrogen) atoms. The monoisotopic (exact) mass is 483 g/mol. The van der Waals surface area contributed by atoms with Crippen molar-refractivity contribution in [3.8, 4) is 0 Å². The first kappa shape index (κ1) is 23.4. The summed E-state index contributed by atoms with van der Waals surface area (Å²) < 4.78 is 6.37. The lowest BCUT2D eigenvalue weighted by molar-refractivity contribution is -0.143. The van der Waals surface area contributed by atoms with E-state index in [0.717, 1.165) is 30.6 Å². The number of benzene rings is 1. The fourth-order valence-corrected chi connectivity index (χ4v) is 6.67. The summed E-state index contributed by atoms with van der Waals surface area (Å²) in [6.45, 7) is 3.82. The van der Waals surface area contributed by atoms with Crippen LogP contribution in [0.25, 0.3) is 0 Å². The molecule has 2 saturated heterocycles. The molecular weight excluding hydrogens is 450 g/mol. The van der Waals surface area contributed by atoms with Gasteiger partial charge >= 0.3 is 0 Å². The Morgan fingerprint density at radius 3 is 2.65 bits per heavy atom. The zero-order valence-electron chi connectivity index (χ0n) is 20.0. The number of fused-ring (bicyclic) bond motifs is 1. The predicted octanol–water partition coefficient (Wildman–Crippen LogP) is 3.35. The van der Waals surface area contributed by atoms with Crippen molar-refractivity contribution >= 4 is 35.2 Å². The minimum absolute atomic E-state index is 0.131. The van der Waals surface area contributed by atoms with E-state index in [1.165, 1.54) is 6.42 Å². The highest BCUT2D eigenvalue weighted by Crippen LogP contribution is 2.55. The SMILES string of the molecule is CSc1cccc(NC(=O)C2C3C=CC4(O3)C2C(=O)N(C(C)C)C4C(=O)NC2CCCCC2)c1. The second kappa shape index (κ2) is 9.04. The van der Waals surface area contributed by atoms with E-state index in [9.17, 15) is 14.4 Å². The molecule has 1 spiro atoms. The van der Waals surface area contributed by atoms with Crippen LogP contribution in [0.15, 0.2) is 41.3 Å². The molecule has 2 N–H and O–H groups in total. The Kier molecular flexibility index (Phi) is 6.23. The van der Waals surface area contributed by atoms with Crippen LogP contribution in [0.3, 0.4) is 0 Å². The van der Waals surface area contributed by atoms with Gasteiger partial charge in [0.25, 0.3) is 0 Å². The van der Waals surface area contributed by atoms with Crippen LogP contribution in [-0.4, -0.2) is 58.7 Å². The van der Waals surface area contributed by atoms with Gasteiger partial charge in [-0.1, -0.05) is 37.5 Å². The molecule has 4 aliphatic rings. The van der Waals surface area contributed by atoms with E-state index in [0.29, 0.717) is 5.69 Å². The van der Waals surface area contributed by atoms with Crippen LogP contribution in [0.4, 0.5) is 5.69 Å². The maximum atomic E-state index is 13.7. The molecule has 1 aliphatic carbocycles. The van der Waals surface area contributed by atoms with Gasteiger partial charge in [-0.05, 0) is 51.1 Å². The fourth-order valence-electron chi connectivity index (χ4n) is 6.22. The molecule has 2 bridgehead atoms. The fraction of sp³-hybridized carbons (Fsp3) is 0.577. The van der Waals surface area contributed by atoms with Gasteiger partial charge in [-0.2, -0.15) is 0 Å². The lowest BCUT2D eigenvalue weighted by Crippen LogP contribution is -2.57. The first-order valence-corrected chi connectivity index (χ1v) is 13.5. The topological polar surface area (TPSA) is 87.7 Å². The molecule has 8 heteroatoms. The summed E-state index contributed by atoms with van der Waals surface area (Å²) in [5, 5.41) is 6.19. The van der Waals surface area contributed by atoms with E-state index < -0.39 is 29.6 Å². The number of amides is 3. The molecule has 182 valence electrons. The van der Waals surface area contributed by atoms with Crippen LogP contribution in [0.2, 0.25) is 0 Å². The van der Waals surface area contributed by atoms with E-state index in [4.69, 9.17) is 4.74 Å². The Bertz CT molecular complexity index is 1020. The number of anilines is 1. The molecule has 0 aromatic heterocycles. The molecule has 5 unspecified atom stereocenters. The van der Waals surface area contributed by atoms with Gasteiger partial charge in [0.15, 0.2) is 0 Å². The molecule has 0 radical (unpaired) electrons. The second-order valence-corrected chi connectivity index (χ2v) is 11.0. The highest BCUT2D eigenvalue weighted by Gasteiger charge is 2.73. The number of likely N-dealkylation sites (tertiary alicyclic amines) is 1. The Morgan fingerprint density at radius 2 is 1.94 bits per heavy atom. The first-order chi connectivity index (χ1) is 16.4. The number of hydrogen-bond donors (Lipinski definition) is 2. The summed E-state index contributed by atoms with van der Waals surface area (Å²) in [6.07, 6.45) is 10.5. The third-order valence-electron chi connectivity index (χ3n) is 7.71. The molecule has 3 amide bonds. The third-order valence-corrected chi connectivity index (χ3v) is 8.43. The number of thioether (sulfide) groups is 1. The third kappa shape index (κ3) is 3.75. The standard InChI is InChI=1S/C26H33N3O4S/c1-15(2)29-22(24(31)27-16-8-5-4-6-9-16)26-13-12-19(33-26)20(21(26)25(29)32)23(30)28-17-10-7-11-18(14-17)34-3/h7,10-16,19-22H,4-6,8-9H2,1-3H3,(H,27,31)(H,28,30). The Labute approximate surface area is 205 Å². The highest BCUT2D eigenvalue weighted by molar-refractivity contribution is 7.98. The van der Waals surface area contributed by atoms with E-state index >= 15 is 0 Å². The second-order valence-electron chi connectivity index (χ2n) is 10.1. The van der Waals surface area contributed by atoms with Crippen molar-refractivity contribution < 1.29 is 19.1 Å². The number of nitrogens with one attached hydrogen (secondary N) is 2. The number of carbonyl (C=O) groups excluding carboxylic acids is 3. The Morgan fingerprint density at radius 1 is 1.18 bits per heavy atom. The number of ether oxygens (including phenoxy) is 1. The van der Waals surface area contributed by atoms with Gasteiger partial charge in [0, 0.05) is 22.7 Å². The van der Waals surface area contributed by atoms with Crippen LogP contribution < -0.4 is 10.6 Å². The minimum atomic E-state index is -1.10. The van der Waals surface area contributed by atoms with Crippen LogP contribution in [0.5, 0.6) is 0 Å². The zero-order valence-corrected chi connectivity index (χ0v) is 20.8. The molecule has 1 aromatic rings. The number of nitrogens with zero attached hydrogens (tertiary/aromatic N) is 1. The van der Waals surface area contributed by atoms with Crippen LogP contribution in [0.1, 0.15) is 46.0 Å². The van der Waals surface area contributed by atoms with Crippen molar-refractivity contribution in [3.63, 3.8) is 0 Å². The largest absolute Gasteiger partial charge is 0.359 e. The number of rotatable bonds is 6. The van der Waals surface area contributed by atoms with Gasteiger partial charge in [0.1, 0.15) is 11.6 Å². The van der Waals surface area contributed by atoms with Crippen molar-refractivity contribution in [3.05, 3.63) is 36.4 Å². The summed E-state index contributed by atoms with van der Waals surface area (Å²) in [6, 6.07) is 6.81.